The molecular formula is C11H18N4O. The summed E-state index contributed by atoms with van der Waals surface area (Å²) in [6.07, 6.45) is 3.12. The summed E-state index contributed by atoms with van der Waals surface area (Å²) in [6.45, 7) is 4.84. The first-order chi connectivity index (χ1) is 7.56. The molecule has 4 N–H and O–H groups in total. The van der Waals surface area contributed by atoms with Crippen LogP contribution in [0.1, 0.15) is 42.9 Å². The van der Waals surface area contributed by atoms with Crippen LogP contribution in [0.25, 0.3) is 0 Å². The van der Waals surface area contributed by atoms with E-state index in [0.717, 1.165) is 12.1 Å². The standard InChI is InChI=1S/C11H18N4O/c1-3-7-8(12)9(15-14-7)10(16)13-6-11(2)4-5-11/h3-6,12H2,1-2H3,(H,13,16)(H,14,15). The Morgan fingerprint density at radius 3 is 2.81 bits per heavy atom. The number of carbonyl (C=O) groups is 1. The zero-order chi connectivity index (χ0) is 11.8. The number of nitrogen functional groups attached to an aromatic ring is 1. The molecule has 0 aromatic carbocycles. The van der Waals surface area contributed by atoms with Gasteiger partial charge in [0.2, 0.25) is 0 Å². The Balaban J connectivity index is 2.00. The Morgan fingerprint density at radius 2 is 2.31 bits per heavy atom. The SMILES string of the molecule is CCc1[nH]nc(C(=O)NCC2(C)CC2)c1N. The summed E-state index contributed by atoms with van der Waals surface area (Å²) < 4.78 is 0. The number of rotatable bonds is 4. The van der Waals surface area contributed by atoms with Gasteiger partial charge >= 0.3 is 0 Å². The largest absolute Gasteiger partial charge is 0.395 e. The molecule has 0 radical (unpaired) electrons. The van der Waals surface area contributed by atoms with Crippen LogP contribution < -0.4 is 11.1 Å². The highest BCUT2D eigenvalue weighted by molar-refractivity contribution is 5.97. The third-order valence-corrected chi connectivity index (χ3v) is 3.23. The number of aryl methyl sites for hydroxylation is 1. The van der Waals surface area contributed by atoms with Gasteiger partial charge in [-0.2, -0.15) is 5.10 Å². The van der Waals surface area contributed by atoms with Crippen molar-refractivity contribution in [2.75, 3.05) is 12.3 Å². The van der Waals surface area contributed by atoms with Crippen LogP contribution in [0.15, 0.2) is 0 Å². The van der Waals surface area contributed by atoms with Crippen LogP contribution in [0.3, 0.4) is 0 Å². The summed E-state index contributed by atoms with van der Waals surface area (Å²) in [5.74, 6) is -0.179. The fourth-order valence-electron chi connectivity index (χ4n) is 1.60. The van der Waals surface area contributed by atoms with Crippen molar-refractivity contribution in [2.45, 2.75) is 33.1 Å². The fourth-order valence-corrected chi connectivity index (χ4v) is 1.60. The van der Waals surface area contributed by atoms with Crippen molar-refractivity contribution in [3.8, 4) is 0 Å². The molecule has 0 aliphatic heterocycles. The molecule has 0 atom stereocenters. The third kappa shape index (κ3) is 2.03. The monoisotopic (exact) mass is 222 g/mol. The molecule has 1 aromatic rings. The summed E-state index contributed by atoms with van der Waals surface area (Å²) in [4.78, 5) is 11.8. The zero-order valence-corrected chi connectivity index (χ0v) is 9.76. The molecule has 5 nitrogen and oxygen atoms in total. The Kier molecular flexibility index (Phi) is 2.61. The number of amides is 1. The van der Waals surface area contributed by atoms with Crippen LogP contribution in [0.4, 0.5) is 5.69 Å². The van der Waals surface area contributed by atoms with Gasteiger partial charge in [-0.3, -0.25) is 9.89 Å². The molecule has 88 valence electrons. The highest BCUT2D eigenvalue weighted by Gasteiger charge is 2.37. The van der Waals surface area contributed by atoms with Gasteiger partial charge in [0.05, 0.1) is 11.4 Å². The van der Waals surface area contributed by atoms with E-state index >= 15 is 0 Å². The highest BCUT2D eigenvalue weighted by Crippen LogP contribution is 2.44. The molecule has 0 spiro atoms. The second-order valence-corrected chi connectivity index (χ2v) is 4.81. The maximum atomic E-state index is 11.8. The fraction of sp³-hybridized carbons (Fsp3) is 0.636. The van der Waals surface area contributed by atoms with E-state index in [9.17, 15) is 4.79 Å². The summed E-state index contributed by atoms with van der Waals surface area (Å²) in [5, 5.41) is 9.61. The van der Waals surface area contributed by atoms with E-state index in [1.165, 1.54) is 12.8 Å². The quantitative estimate of drug-likeness (QED) is 0.713. The lowest BCUT2D eigenvalue weighted by Crippen LogP contribution is -2.29. The second kappa shape index (κ2) is 3.81. The zero-order valence-electron chi connectivity index (χ0n) is 9.76. The average molecular weight is 222 g/mol. The van der Waals surface area contributed by atoms with Crippen LogP contribution in [-0.4, -0.2) is 22.6 Å². The minimum absolute atomic E-state index is 0.179. The van der Waals surface area contributed by atoms with Gasteiger partial charge in [-0.25, -0.2) is 0 Å². The summed E-state index contributed by atoms with van der Waals surface area (Å²) >= 11 is 0. The van der Waals surface area contributed by atoms with Gasteiger partial charge in [0.1, 0.15) is 0 Å². The van der Waals surface area contributed by atoms with Crippen molar-refractivity contribution in [1.29, 1.82) is 0 Å². The van der Waals surface area contributed by atoms with E-state index < -0.39 is 0 Å². The van der Waals surface area contributed by atoms with E-state index in [-0.39, 0.29) is 5.91 Å². The molecule has 1 aromatic heterocycles. The van der Waals surface area contributed by atoms with Crippen LogP contribution in [-0.2, 0) is 6.42 Å². The van der Waals surface area contributed by atoms with Crippen molar-refractivity contribution in [3.63, 3.8) is 0 Å². The maximum Gasteiger partial charge on any atom is 0.273 e. The third-order valence-electron chi connectivity index (χ3n) is 3.23. The summed E-state index contributed by atoms with van der Waals surface area (Å²) in [7, 11) is 0. The van der Waals surface area contributed by atoms with E-state index in [1.807, 2.05) is 6.92 Å². The second-order valence-electron chi connectivity index (χ2n) is 4.81. The van der Waals surface area contributed by atoms with Crippen molar-refractivity contribution in [3.05, 3.63) is 11.4 Å². The Bertz CT molecular complexity index is 406. The van der Waals surface area contributed by atoms with Crippen molar-refractivity contribution in [2.24, 2.45) is 5.41 Å². The number of anilines is 1. The topological polar surface area (TPSA) is 83.8 Å². The smallest absolute Gasteiger partial charge is 0.273 e. The Morgan fingerprint density at radius 1 is 1.62 bits per heavy atom. The first-order valence-corrected chi connectivity index (χ1v) is 5.66. The molecule has 1 aliphatic rings. The molecule has 1 fully saturated rings. The molecule has 1 heterocycles. The number of hydrogen-bond acceptors (Lipinski definition) is 3. The lowest BCUT2D eigenvalue weighted by atomic mass is 10.1. The van der Waals surface area contributed by atoms with Crippen molar-refractivity contribution in [1.82, 2.24) is 15.5 Å². The van der Waals surface area contributed by atoms with Crippen LogP contribution >= 0.6 is 0 Å². The lowest BCUT2D eigenvalue weighted by Gasteiger charge is -2.08. The normalized spacial score (nSPS) is 17.1. The Labute approximate surface area is 94.8 Å². The number of nitrogens with two attached hydrogens (primary N) is 1. The van der Waals surface area contributed by atoms with Gasteiger partial charge in [-0.15, -0.1) is 0 Å². The molecule has 1 amide bonds. The number of nitrogens with one attached hydrogen (secondary N) is 2. The van der Waals surface area contributed by atoms with Crippen LogP contribution in [0, 0.1) is 5.41 Å². The van der Waals surface area contributed by atoms with E-state index in [0.29, 0.717) is 23.3 Å². The van der Waals surface area contributed by atoms with Gasteiger partial charge < -0.3 is 11.1 Å². The molecule has 1 aliphatic carbocycles. The van der Waals surface area contributed by atoms with E-state index in [2.05, 4.69) is 22.4 Å². The predicted octanol–water partition coefficient (Wildman–Crippen LogP) is 1.08. The van der Waals surface area contributed by atoms with E-state index in [1.54, 1.807) is 0 Å². The minimum atomic E-state index is -0.179. The molecule has 0 bridgehead atoms. The molecule has 16 heavy (non-hydrogen) atoms. The lowest BCUT2D eigenvalue weighted by molar-refractivity contribution is 0.0942. The number of nitrogens with zero attached hydrogens (tertiary/aromatic N) is 1. The number of hydrogen-bond donors (Lipinski definition) is 3. The summed E-state index contributed by atoms with van der Waals surface area (Å²) in [6, 6.07) is 0. The number of aromatic nitrogens is 2. The van der Waals surface area contributed by atoms with Crippen LogP contribution in [0.2, 0.25) is 0 Å². The van der Waals surface area contributed by atoms with Gasteiger partial charge in [0.15, 0.2) is 5.69 Å². The molecule has 0 saturated heterocycles. The van der Waals surface area contributed by atoms with Gasteiger partial charge in [0, 0.05) is 6.54 Å². The first kappa shape index (κ1) is 11.0. The molecule has 0 unspecified atom stereocenters. The van der Waals surface area contributed by atoms with Gasteiger partial charge in [-0.05, 0) is 24.7 Å². The summed E-state index contributed by atoms with van der Waals surface area (Å²) in [5.41, 5.74) is 7.73. The number of aromatic amines is 1. The van der Waals surface area contributed by atoms with Gasteiger partial charge in [0.25, 0.3) is 5.91 Å². The predicted molar refractivity (Wildman–Crippen MR) is 62.1 cm³/mol. The molecule has 5 heteroatoms. The highest BCUT2D eigenvalue weighted by atomic mass is 16.1. The van der Waals surface area contributed by atoms with E-state index in [4.69, 9.17) is 5.73 Å². The number of H-pyrrole nitrogens is 1. The van der Waals surface area contributed by atoms with Crippen molar-refractivity contribution < 1.29 is 4.79 Å². The first-order valence-electron chi connectivity index (χ1n) is 5.66. The van der Waals surface area contributed by atoms with Crippen LogP contribution in [0.5, 0.6) is 0 Å². The number of carbonyl (C=O) groups excluding carboxylic acids is 1. The molecule has 2 rings (SSSR count). The minimum Gasteiger partial charge on any atom is -0.395 e. The van der Waals surface area contributed by atoms with Gasteiger partial charge in [-0.1, -0.05) is 13.8 Å². The molecule has 1 saturated carbocycles. The molecular weight excluding hydrogens is 204 g/mol. The Hall–Kier alpha value is -1.52. The average Bonchev–Trinajstić information content (AvgIpc) is 2.88. The van der Waals surface area contributed by atoms with Crippen molar-refractivity contribution >= 4 is 11.6 Å². The maximum absolute atomic E-state index is 11.8.